The summed E-state index contributed by atoms with van der Waals surface area (Å²) in [7, 11) is 0. The molecule has 1 amide bonds. The third-order valence-electron chi connectivity index (χ3n) is 2.51. The minimum atomic E-state index is -0.259. The van der Waals surface area contributed by atoms with Crippen LogP contribution in [-0.2, 0) is 0 Å². The van der Waals surface area contributed by atoms with E-state index >= 15 is 0 Å². The van der Waals surface area contributed by atoms with Gasteiger partial charge >= 0.3 is 0 Å². The third kappa shape index (κ3) is 4.38. The number of hydrogen-bond donors (Lipinski definition) is 3. The molecule has 0 atom stereocenters. The average molecular weight is 262 g/mol. The third-order valence-corrected chi connectivity index (χ3v) is 2.51. The second-order valence-electron chi connectivity index (χ2n) is 3.79. The number of amides is 1. The molecule has 0 heterocycles. The number of carbonyl (C=O) groups is 1. The highest BCUT2D eigenvalue weighted by molar-refractivity contribution is 5.96. The van der Waals surface area contributed by atoms with Crippen molar-refractivity contribution in [2.75, 3.05) is 32.8 Å². The first-order valence-electron chi connectivity index (χ1n) is 6.03. The zero-order chi connectivity index (χ0) is 14.1. The van der Waals surface area contributed by atoms with Gasteiger partial charge in [0.25, 0.3) is 5.91 Å². The van der Waals surface area contributed by atoms with Gasteiger partial charge in [0.15, 0.2) is 0 Å². The Bertz CT molecular complexity index is 471. The van der Waals surface area contributed by atoms with E-state index in [1.54, 1.807) is 24.3 Å². The van der Waals surface area contributed by atoms with Crippen LogP contribution in [0.15, 0.2) is 24.3 Å². The van der Waals surface area contributed by atoms with Crippen molar-refractivity contribution in [2.45, 2.75) is 0 Å². The molecule has 0 aliphatic carbocycles. The van der Waals surface area contributed by atoms with Crippen LogP contribution in [0.3, 0.4) is 0 Å². The number of aliphatic hydroxyl groups is 2. The zero-order valence-corrected chi connectivity index (χ0v) is 10.7. The molecule has 0 unspecified atom stereocenters. The van der Waals surface area contributed by atoms with Crippen molar-refractivity contribution in [1.82, 2.24) is 4.90 Å². The van der Waals surface area contributed by atoms with E-state index in [-0.39, 0.29) is 38.8 Å². The van der Waals surface area contributed by atoms with Gasteiger partial charge in [-0.2, -0.15) is 0 Å². The van der Waals surface area contributed by atoms with Crippen molar-refractivity contribution >= 4 is 5.91 Å². The van der Waals surface area contributed by atoms with Gasteiger partial charge in [0.1, 0.15) is 0 Å². The smallest absolute Gasteiger partial charge is 0.255 e. The highest BCUT2D eigenvalue weighted by atomic mass is 16.3. The normalized spacial score (nSPS) is 9.63. The molecule has 0 saturated carbocycles. The molecule has 1 aromatic carbocycles. The van der Waals surface area contributed by atoms with Crippen LogP contribution < -0.4 is 5.73 Å². The van der Waals surface area contributed by atoms with Gasteiger partial charge in [-0.3, -0.25) is 4.79 Å². The molecular formula is C14H18N2O3. The first-order chi connectivity index (χ1) is 9.24. The number of nitrogens with two attached hydrogens (primary N) is 1. The molecule has 0 aliphatic heterocycles. The quantitative estimate of drug-likeness (QED) is 0.620. The van der Waals surface area contributed by atoms with Gasteiger partial charge in [-0.1, -0.05) is 24.0 Å². The summed E-state index contributed by atoms with van der Waals surface area (Å²) in [6.07, 6.45) is 0. The van der Waals surface area contributed by atoms with E-state index in [9.17, 15) is 4.79 Å². The Kier molecular flexibility index (Phi) is 6.61. The van der Waals surface area contributed by atoms with E-state index in [0.717, 1.165) is 0 Å². The highest BCUT2D eigenvalue weighted by Gasteiger charge is 2.17. The van der Waals surface area contributed by atoms with E-state index < -0.39 is 0 Å². The number of nitrogens with zero attached hydrogens (tertiary/aromatic N) is 1. The summed E-state index contributed by atoms with van der Waals surface area (Å²) >= 11 is 0. The van der Waals surface area contributed by atoms with E-state index in [1.807, 2.05) is 0 Å². The Labute approximate surface area is 112 Å². The van der Waals surface area contributed by atoms with Crippen LogP contribution in [0.2, 0.25) is 0 Å². The molecule has 19 heavy (non-hydrogen) atoms. The molecule has 0 radical (unpaired) electrons. The van der Waals surface area contributed by atoms with E-state index in [0.29, 0.717) is 11.1 Å². The maximum atomic E-state index is 12.3. The Morgan fingerprint density at radius 3 is 2.42 bits per heavy atom. The van der Waals surface area contributed by atoms with Crippen LogP contribution in [0, 0.1) is 11.8 Å². The second-order valence-corrected chi connectivity index (χ2v) is 3.79. The molecular weight excluding hydrogens is 244 g/mol. The van der Waals surface area contributed by atoms with Gasteiger partial charge in [0, 0.05) is 18.7 Å². The van der Waals surface area contributed by atoms with Crippen molar-refractivity contribution in [3.05, 3.63) is 35.4 Å². The molecule has 102 valence electrons. The van der Waals surface area contributed by atoms with E-state index in [1.165, 1.54) is 4.90 Å². The highest BCUT2D eigenvalue weighted by Crippen LogP contribution is 2.10. The summed E-state index contributed by atoms with van der Waals surface area (Å²) in [5, 5.41) is 17.9. The molecule has 0 saturated heterocycles. The number of benzene rings is 1. The lowest BCUT2D eigenvalue weighted by molar-refractivity contribution is 0.0684. The summed E-state index contributed by atoms with van der Waals surface area (Å²) in [4.78, 5) is 13.7. The molecule has 0 aromatic heterocycles. The predicted octanol–water partition coefficient (Wildman–Crippen LogP) is -0.576. The molecule has 0 spiro atoms. The van der Waals surface area contributed by atoms with E-state index in [2.05, 4.69) is 11.8 Å². The minimum absolute atomic E-state index is 0.150. The lowest BCUT2D eigenvalue weighted by Gasteiger charge is -2.21. The van der Waals surface area contributed by atoms with Crippen molar-refractivity contribution in [1.29, 1.82) is 0 Å². The SMILES string of the molecule is NCC#Cc1ccccc1C(=O)N(CCO)CCO. The average Bonchev–Trinajstić information content (AvgIpc) is 2.44. The molecule has 1 rings (SSSR count). The van der Waals surface area contributed by atoms with Crippen LogP contribution in [0.4, 0.5) is 0 Å². The second kappa shape index (κ2) is 8.27. The van der Waals surface area contributed by atoms with Gasteiger partial charge in [-0.25, -0.2) is 0 Å². The van der Waals surface area contributed by atoms with Crippen LogP contribution in [-0.4, -0.2) is 53.9 Å². The Balaban J connectivity index is 3.03. The fraction of sp³-hybridized carbons (Fsp3) is 0.357. The van der Waals surface area contributed by atoms with Crippen LogP contribution >= 0.6 is 0 Å². The summed E-state index contributed by atoms with van der Waals surface area (Å²) in [5.74, 6) is 5.30. The lowest BCUT2D eigenvalue weighted by atomic mass is 10.1. The summed E-state index contributed by atoms with van der Waals surface area (Å²) in [6.45, 7) is 0.278. The fourth-order valence-electron chi connectivity index (χ4n) is 1.65. The van der Waals surface area contributed by atoms with E-state index in [4.69, 9.17) is 15.9 Å². The molecule has 5 nitrogen and oxygen atoms in total. The molecule has 1 aromatic rings. The predicted molar refractivity (Wildman–Crippen MR) is 72.4 cm³/mol. The van der Waals surface area contributed by atoms with Crippen LogP contribution in [0.1, 0.15) is 15.9 Å². The summed E-state index contributed by atoms with van der Waals surface area (Å²) in [5.41, 5.74) is 6.37. The Morgan fingerprint density at radius 2 is 1.84 bits per heavy atom. The Morgan fingerprint density at radius 1 is 1.21 bits per heavy atom. The van der Waals surface area contributed by atoms with Gasteiger partial charge < -0.3 is 20.8 Å². The van der Waals surface area contributed by atoms with Crippen molar-refractivity contribution < 1.29 is 15.0 Å². The largest absolute Gasteiger partial charge is 0.395 e. The maximum absolute atomic E-state index is 12.3. The lowest BCUT2D eigenvalue weighted by Crippen LogP contribution is -2.36. The van der Waals surface area contributed by atoms with Crippen molar-refractivity contribution in [3.8, 4) is 11.8 Å². The molecule has 0 fully saturated rings. The fourth-order valence-corrected chi connectivity index (χ4v) is 1.65. The zero-order valence-electron chi connectivity index (χ0n) is 10.7. The van der Waals surface area contributed by atoms with Gasteiger partial charge in [0.05, 0.1) is 25.3 Å². The molecule has 5 heteroatoms. The van der Waals surface area contributed by atoms with Gasteiger partial charge in [0.2, 0.25) is 0 Å². The number of aliphatic hydroxyl groups excluding tert-OH is 2. The number of hydrogen-bond acceptors (Lipinski definition) is 4. The molecule has 4 N–H and O–H groups in total. The van der Waals surface area contributed by atoms with Crippen LogP contribution in [0.5, 0.6) is 0 Å². The van der Waals surface area contributed by atoms with Gasteiger partial charge in [-0.05, 0) is 12.1 Å². The maximum Gasteiger partial charge on any atom is 0.255 e. The van der Waals surface area contributed by atoms with Gasteiger partial charge in [-0.15, -0.1) is 0 Å². The Hall–Kier alpha value is -1.87. The summed E-state index contributed by atoms with van der Waals surface area (Å²) in [6, 6.07) is 6.95. The number of carbonyl (C=O) groups excluding carboxylic acids is 1. The van der Waals surface area contributed by atoms with Crippen molar-refractivity contribution in [3.63, 3.8) is 0 Å². The standard InChI is InChI=1S/C14H18N2O3/c15-7-3-5-12-4-1-2-6-13(12)14(19)16(8-10-17)9-11-18/h1-2,4,6,17-18H,7-11,15H2. The molecule has 0 aliphatic rings. The topological polar surface area (TPSA) is 86.8 Å². The minimum Gasteiger partial charge on any atom is -0.395 e. The number of rotatable bonds is 5. The van der Waals surface area contributed by atoms with Crippen molar-refractivity contribution in [2.24, 2.45) is 5.73 Å². The summed E-state index contributed by atoms with van der Waals surface area (Å²) < 4.78 is 0. The van der Waals surface area contributed by atoms with Crippen LogP contribution in [0.25, 0.3) is 0 Å². The first kappa shape index (κ1) is 15.2. The monoisotopic (exact) mass is 262 g/mol. The molecule has 0 bridgehead atoms. The first-order valence-corrected chi connectivity index (χ1v) is 6.03.